The number of hydrogen-bond acceptors (Lipinski definition) is 7. The summed E-state index contributed by atoms with van der Waals surface area (Å²) in [6.07, 6.45) is 0.406. The molecular weight excluding hydrogens is 414 g/mol. The van der Waals surface area contributed by atoms with Gasteiger partial charge in [0.25, 0.3) is 0 Å². The van der Waals surface area contributed by atoms with E-state index in [1.165, 1.54) is 0 Å². The second kappa shape index (κ2) is 7.83. The van der Waals surface area contributed by atoms with Crippen LogP contribution in [0.4, 0.5) is 17.1 Å². The van der Waals surface area contributed by atoms with Crippen LogP contribution in [0.15, 0.2) is 30.3 Å². The number of halogens is 1. The van der Waals surface area contributed by atoms with Crippen molar-refractivity contribution in [3.63, 3.8) is 0 Å². The molecule has 2 aromatic rings. The van der Waals surface area contributed by atoms with Gasteiger partial charge in [0.15, 0.2) is 23.0 Å². The van der Waals surface area contributed by atoms with E-state index in [1.807, 2.05) is 0 Å². The molecule has 2 aromatic carbocycles. The van der Waals surface area contributed by atoms with Crippen molar-refractivity contribution in [1.29, 1.82) is 0 Å². The Morgan fingerprint density at radius 2 is 1.70 bits per heavy atom. The Bertz CT molecular complexity index is 1010. The Hall–Kier alpha value is -3.33. The van der Waals surface area contributed by atoms with Gasteiger partial charge in [0.1, 0.15) is 19.1 Å². The molecule has 3 N–H and O–H groups in total. The first kappa shape index (κ1) is 20.0. The Morgan fingerprint density at radius 1 is 1.00 bits per heavy atom. The maximum atomic E-state index is 12.9. The highest BCUT2D eigenvalue weighted by atomic mass is 35.5. The minimum absolute atomic E-state index is 0. The largest absolute Gasteiger partial charge is 0.486 e. The standard InChI is InChI=1S/C20H19N3O6.ClH/c21-13-8-17-18(29-10-28-17)9-14(13)22-19(24)12-3-4-23(20(12)25)11-1-2-15-16(7-11)27-6-5-26-15;/h1-2,7-9,12H,3-6,10,21H2,(H,22,24);1H. The topological polar surface area (TPSA) is 112 Å². The normalized spacial score (nSPS) is 18.7. The zero-order chi connectivity index (χ0) is 20.0. The molecule has 5 rings (SSSR count). The van der Waals surface area contributed by atoms with Gasteiger partial charge >= 0.3 is 0 Å². The average Bonchev–Trinajstić information content (AvgIpc) is 3.33. The van der Waals surface area contributed by atoms with Crippen molar-refractivity contribution in [2.75, 3.05) is 42.5 Å². The highest BCUT2D eigenvalue weighted by Gasteiger charge is 2.38. The molecule has 0 bridgehead atoms. The summed E-state index contributed by atoms with van der Waals surface area (Å²) in [6, 6.07) is 8.53. The van der Waals surface area contributed by atoms with E-state index in [1.54, 1.807) is 35.2 Å². The van der Waals surface area contributed by atoms with Gasteiger partial charge in [0.05, 0.1) is 11.4 Å². The third-order valence-electron chi connectivity index (χ3n) is 5.16. The lowest BCUT2D eigenvalue weighted by atomic mass is 10.1. The molecule has 30 heavy (non-hydrogen) atoms. The molecule has 10 heteroatoms. The van der Waals surface area contributed by atoms with E-state index >= 15 is 0 Å². The van der Waals surface area contributed by atoms with E-state index in [0.29, 0.717) is 66.2 Å². The smallest absolute Gasteiger partial charge is 0.239 e. The first-order chi connectivity index (χ1) is 14.1. The van der Waals surface area contributed by atoms with Gasteiger partial charge in [-0.2, -0.15) is 0 Å². The number of rotatable bonds is 3. The number of amides is 2. The van der Waals surface area contributed by atoms with Crippen LogP contribution in [-0.2, 0) is 9.59 Å². The maximum Gasteiger partial charge on any atom is 0.239 e. The molecule has 9 nitrogen and oxygen atoms in total. The maximum absolute atomic E-state index is 12.9. The molecule has 0 radical (unpaired) electrons. The predicted octanol–water partition coefficient (Wildman–Crippen LogP) is 2.18. The first-order valence-electron chi connectivity index (χ1n) is 9.31. The number of carbonyl (C=O) groups is 2. The number of nitrogen functional groups attached to an aromatic ring is 1. The molecule has 1 fully saturated rings. The number of benzene rings is 2. The SMILES string of the molecule is Cl.Nc1cc2c(cc1NC(=O)C1CCN(c3ccc4c(c3)OCCO4)C1=O)OCO2. The number of nitrogens with two attached hydrogens (primary N) is 1. The number of hydrogen-bond donors (Lipinski definition) is 2. The van der Waals surface area contributed by atoms with Crippen LogP contribution in [0.1, 0.15) is 6.42 Å². The molecule has 158 valence electrons. The minimum Gasteiger partial charge on any atom is -0.486 e. The molecule has 3 aliphatic rings. The summed E-state index contributed by atoms with van der Waals surface area (Å²) < 4.78 is 21.7. The molecule has 3 aliphatic heterocycles. The van der Waals surface area contributed by atoms with Crippen LogP contribution in [0.2, 0.25) is 0 Å². The summed E-state index contributed by atoms with van der Waals surface area (Å²) in [5.74, 6) is 0.821. The third kappa shape index (κ3) is 3.41. The Labute approximate surface area is 178 Å². The van der Waals surface area contributed by atoms with Crippen LogP contribution in [-0.4, -0.2) is 38.4 Å². The fourth-order valence-electron chi connectivity index (χ4n) is 3.67. The van der Waals surface area contributed by atoms with Crippen molar-refractivity contribution in [2.24, 2.45) is 5.92 Å². The molecule has 1 saturated heterocycles. The van der Waals surface area contributed by atoms with E-state index in [9.17, 15) is 9.59 Å². The molecule has 0 saturated carbocycles. The van der Waals surface area contributed by atoms with Crippen molar-refractivity contribution in [3.05, 3.63) is 30.3 Å². The zero-order valence-electron chi connectivity index (χ0n) is 15.9. The number of anilines is 3. The molecule has 0 aromatic heterocycles. The zero-order valence-corrected chi connectivity index (χ0v) is 16.7. The van der Waals surface area contributed by atoms with Crippen LogP contribution in [0, 0.1) is 5.92 Å². The second-order valence-electron chi connectivity index (χ2n) is 6.94. The predicted molar refractivity (Wildman–Crippen MR) is 111 cm³/mol. The van der Waals surface area contributed by atoms with E-state index in [2.05, 4.69) is 5.32 Å². The minimum atomic E-state index is -0.798. The highest BCUT2D eigenvalue weighted by Crippen LogP contribution is 2.39. The summed E-state index contributed by atoms with van der Waals surface area (Å²) in [7, 11) is 0. The van der Waals surface area contributed by atoms with Gasteiger partial charge in [0.2, 0.25) is 18.6 Å². The van der Waals surface area contributed by atoms with Crippen LogP contribution in [0.5, 0.6) is 23.0 Å². The fraction of sp³-hybridized carbons (Fsp3) is 0.300. The number of fused-ring (bicyclic) bond motifs is 2. The van der Waals surface area contributed by atoms with Crippen molar-refractivity contribution < 1.29 is 28.5 Å². The van der Waals surface area contributed by atoms with Crippen LogP contribution in [0.25, 0.3) is 0 Å². The summed E-state index contributed by atoms with van der Waals surface area (Å²) >= 11 is 0. The molecule has 0 spiro atoms. The Morgan fingerprint density at radius 3 is 2.50 bits per heavy atom. The van der Waals surface area contributed by atoms with Crippen LogP contribution < -0.4 is 34.9 Å². The van der Waals surface area contributed by atoms with Crippen LogP contribution in [0.3, 0.4) is 0 Å². The number of carbonyl (C=O) groups excluding carboxylic acids is 2. The van der Waals surface area contributed by atoms with Gasteiger partial charge in [-0.15, -0.1) is 12.4 Å². The van der Waals surface area contributed by atoms with Crippen molar-refractivity contribution in [2.45, 2.75) is 6.42 Å². The molecule has 2 amide bonds. The van der Waals surface area contributed by atoms with Gasteiger partial charge in [0, 0.05) is 30.4 Å². The second-order valence-corrected chi connectivity index (χ2v) is 6.94. The average molecular weight is 434 g/mol. The number of nitrogens with zero attached hydrogens (tertiary/aromatic N) is 1. The lowest BCUT2D eigenvalue weighted by Crippen LogP contribution is -2.33. The van der Waals surface area contributed by atoms with Gasteiger partial charge < -0.3 is 34.9 Å². The number of nitrogens with one attached hydrogen (secondary N) is 1. The molecule has 1 unspecified atom stereocenters. The van der Waals surface area contributed by atoms with Crippen molar-refractivity contribution in [1.82, 2.24) is 0 Å². The van der Waals surface area contributed by atoms with E-state index in [-0.39, 0.29) is 25.1 Å². The Kier molecular flexibility index (Phi) is 5.21. The third-order valence-corrected chi connectivity index (χ3v) is 5.16. The van der Waals surface area contributed by atoms with Crippen molar-refractivity contribution in [3.8, 4) is 23.0 Å². The fourth-order valence-corrected chi connectivity index (χ4v) is 3.67. The van der Waals surface area contributed by atoms with E-state index in [4.69, 9.17) is 24.7 Å². The summed E-state index contributed by atoms with van der Waals surface area (Å²) in [6.45, 7) is 1.51. The van der Waals surface area contributed by atoms with Crippen LogP contribution >= 0.6 is 12.4 Å². The molecule has 0 aliphatic carbocycles. The summed E-state index contributed by atoms with van der Waals surface area (Å²) in [5, 5.41) is 2.74. The van der Waals surface area contributed by atoms with Gasteiger partial charge in [-0.25, -0.2) is 0 Å². The number of ether oxygens (including phenoxy) is 4. The highest BCUT2D eigenvalue weighted by molar-refractivity contribution is 6.14. The Balaban J connectivity index is 0.00000218. The molecule has 3 heterocycles. The molecule has 1 atom stereocenters. The lowest BCUT2D eigenvalue weighted by Gasteiger charge is -2.22. The lowest BCUT2D eigenvalue weighted by molar-refractivity contribution is -0.129. The molecular formula is C20H20ClN3O6. The summed E-state index contributed by atoms with van der Waals surface area (Å²) in [5.41, 5.74) is 7.40. The first-order valence-corrected chi connectivity index (χ1v) is 9.31. The van der Waals surface area contributed by atoms with Gasteiger partial charge in [-0.3, -0.25) is 9.59 Å². The van der Waals surface area contributed by atoms with Crippen molar-refractivity contribution >= 4 is 41.3 Å². The quantitative estimate of drug-likeness (QED) is 0.563. The summed E-state index contributed by atoms with van der Waals surface area (Å²) in [4.78, 5) is 27.2. The van der Waals surface area contributed by atoms with Gasteiger partial charge in [-0.1, -0.05) is 0 Å². The van der Waals surface area contributed by atoms with Gasteiger partial charge in [-0.05, 0) is 18.6 Å². The van der Waals surface area contributed by atoms with E-state index < -0.39 is 11.8 Å². The van der Waals surface area contributed by atoms with E-state index in [0.717, 1.165) is 0 Å². The monoisotopic (exact) mass is 433 g/mol.